The van der Waals surface area contributed by atoms with Crippen LogP contribution in [0.2, 0.25) is 0 Å². The van der Waals surface area contributed by atoms with Gasteiger partial charge in [0, 0.05) is 23.3 Å². The van der Waals surface area contributed by atoms with E-state index in [1.54, 1.807) is 19.3 Å². The van der Waals surface area contributed by atoms with Gasteiger partial charge in [-0.05, 0) is 18.7 Å². The molecule has 0 bridgehead atoms. The van der Waals surface area contributed by atoms with E-state index in [0.717, 1.165) is 17.2 Å². The number of pyridine rings is 1. The van der Waals surface area contributed by atoms with Crippen LogP contribution in [0.25, 0.3) is 10.8 Å². The summed E-state index contributed by atoms with van der Waals surface area (Å²) in [5.41, 5.74) is 5.91. The van der Waals surface area contributed by atoms with Gasteiger partial charge in [-0.25, -0.2) is 0 Å². The van der Waals surface area contributed by atoms with Crippen LogP contribution < -0.4 is 5.73 Å². The Balaban J connectivity index is 2.51. The van der Waals surface area contributed by atoms with Gasteiger partial charge in [0.1, 0.15) is 0 Å². The number of aromatic nitrogens is 1. The van der Waals surface area contributed by atoms with Crippen molar-refractivity contribution in [2.24, 2.45) is 5.73 Å². The van der Waals surface area contributed by atoms with E-state index in [1.165, 1.54) is 0 Å². The van der Waals surface area contributed by atoms with Gasteiger partial charge >= 0.3 is 0 Å². The van der Waals surface area contributed by atoms with E-state index in [1.807, 2.05) is 31.2 Å². The Morgan fingerprint density at radius 1 is 1.33 bits per heavy atom. The normalized spacial score (nSPS) is 14.4. The number of Topliss-reactive ketones (excluding diaryl/α,β-unsaturated/α-hetero) is 1. The minimum absolute atomic E-state index is 0.0337. The van der Waals surface area contributed by atoms with Crippen molar-refractivity contribution in [3.05, 3.63) is 42.2 Å². The quantitative estimate of drug-likeness (QED) is 0.839. The van der Waals surface area contributed by atoms with E-state index < -0.39 is 5.54 Å². The molecule has 2 rings (SSSR count). The zero-order valence-corrected chi connectivity index (χ0v) is 10.8. The lowest BCUT2D eigenvalue weighted by Gasteiger charge is -2.22. The van der Waals surface area contributed by atoms with Crippen molar-refractivity contribution < 1.29 is 4.79 Å². The molecular formula is C15H18N2O. The van der Waals surface area contributed by atoms with Gasteiger partial charge in [-0.3, -0.25) is 9.78 Å². The maximum absolute atomic E-state index is 12.5. The second kappa shape index (κ2) is 4.86. The van der Waals surface area contributed by atoms with Crippen molar-refractivity contribution in [3.63, 3.8) is 0 Å². The molecule has 0 saturated carbocycles. The van der Waals surface area contributed by atoms with E-state index in [9.17, 15) is 4.79 Å². The van der Waals surface area contributed by atoms with Crippen molar-refractivity contribution in [3.8, 4) is 0 Å². The third kappa shape index (κ3) is 2.27. The first kappa shape index (κ1) is 12.7. The number of benzene rings is 1. The third-order valence-corrected chi connectivity index (χ3v) is 3.20. The van der Waals surface area contributed by atoms with Crippen molar-refractivity contribution in [1.29, 1.82) is 0 Å². The molecule has 94 valence electrons. The van der Waals surface area contributed by atoms with Gasteiger partial charge in [-0.15, -0.1) is 0 Å². The highest BCUT2D eigenvalue weighted by Crippen LogP contribution is 2.22. The summed E-state index contributed by atoms with van der Waals surface area (Å²) in [5, 5.41) is 1.89. The number of rotatable bonds is 4. The summed E-state index contributed by atoms with van der Waals surface area (Å²) in [7, 11) is 0. The molecule has 1 unspecified atom stereocenters. The summed E-state index contributed by atoms with van der Waals surface area (Å²) in [6.45, 7) is 3.82. The summed E-state index contributed by atoms with van der Waals surface area (Å²) in [5.74, 6) is -0.0337. The van der Waals surface area contributed by atoms with E-state index in [2.05, 4.69) is 4.98 Å². The number of carbonyl (C=O) groups excluding carboxylic acids is 1. The first-order valence-electron chi connectivity index (χ1n) is 6.22. The largest absolute Gasteiger partial charge is 0.319 e. The Morgan fingerprint density at radius 3 is 2.78 bits per heavy atom. The molecule has 0 aliphatic heterocycles. The van der Waals surface area contributed by atoms with Gasteiger partial charge in [0.25, 0.3) is 0 Å². The second-order valence-electron chi connectivity index (χ2n) is 4.90. The lowest BCUT2D eigenvalue weighted by molar-refractivity contribution is 0.0894. The molecule has 0 radical (unpaired) electrons. The molecule has 2 aromatic rings. The van der Waals surface area contributed by atoms with Crippen LogP contribution in [0, 0.1) is 0 Å². The van der Waals surface area contributed by atoms with E-state index in [0.29, 0.717) is 12.0 Å². The highest BCUT2D eigenvalue weighted by molar-refractivity contribution is 6.11. The molecule has 0 amide bonds. The van der Waals surface area contributed by atoms with Gasteiger partial charge in [0.15, 0.2) is 5.78 Å². The standard InChI is InChI=1S/C15H18N2O/c1-3-8-15(2,16)14(18)13-10-17-9-11-6-4-5-7-12(11)13/h4-7,9-10H,3,8,16H2,1-2H3. The summed E-state index contributed by atoms with van der Waals surface area (Å²) in [6, 6.07) is 7.75. The summed E-state index contributed by atoms with van der Waals surface area (Å²) >= 11 is 0. The molecule has 3 heteroatoms. The highest BCUT2D eigenvalue weighted by atomic mass is 16.1. The maximum Gasteiger partial charge on any atom is 0.184 e. The Kier molecular flexibility index (Phi) is 3.43. The molecule has 1 aromatic heterocycles. The summed E-state index contributed by atoms with van der Waals surface area (Å²) < 4.78 is 0. The van der Waals surface area contributed by atoms with Crippen LogP contribution in [0.5, 0.6) is 0 Å². The Labute approximate surface area is 107 Å². The van der Waals surface area contributed by atoms with Crippen molar-refractivity contribution in [1.82, 2.24) is 4.98 Å². The molecule has 0 aliphatic carbocycles. The zero-order chi connectivity index (χ0) is 13.2. The minimum atomic E-state index is -0.819. The first-order valence-corrected chi connectivity index (χ1v) is 6.22. The molecule has 1 heterocycles. The van der Waals surface area contributed by atoms with Crippen LogP contribution in [0.3, 0.4) is 0 Å². The zero-order valence-electron chi connectivity index (χ0n) is 10.8. The second-order valence-corrected chi connectivity index (χ2v) is 4.90. The van der Waals surface area contributed by atoms with Crippen LogP contribution in [0.15, 0.2) is 36.7 Å². The Hall–Kier alpha value is -1.74. The lowest BCUT2D eigenvalue weighted by Crippen LogP contribution is -2.44. The fraction of sp³-hybridized carbons (Fsp3) is 0.333. The van der Waals surface area contributed by atoms with Crippen LogP contribution in [0.1, 0.15) is 37.0 Å². The first-order chi connectivity index (χ1) is 8.56. The molecule has 0 aliphatic rings. The molecule has 1 atom stereocenters. The molecule has 1 aromatic carbocycles. The van der Waals surface area contributed by atoms with Crippen molar-refractivity contribution in [2.75, 3.05) is 0 Å². The Morgan fingerprint density at radius 2 is 2.06 bits per heavy atom. The van der Waals surface area contributed by atoms with E-state index in [-0.39, 0.29) is 5.78 Å². The minimum Gasteiger partial charge on any atom is -0.319 e. The summed E-state index contributed by atoms with van der Waals surface area (Å²) in [4.78, 5) is 16.6. The molecule has 0 spiro atoms. The third-order valence-electron chi connectivity index (χ3n) is 3.20. The maximum atomic E-state index is 12.5. The van der Waals surface area contributed by atoms with Gasteiger partial charge in [0.05, 0.1) is 5.54 Å². The number of hydrogen-bond acceptors (Lipinski definition) is 3. The van der Waals surface area contributed by atoms with Gasteiger partial charge < -0.3 is 5.73 Å². The molecule has 0 fully saturated rings. The van der Waals surface area contributed by atoms with Crippen LogP contribution in [0.4, 0.5) is 0 Å². The molecule has 2 N–H and O–H groups in total. The molecular weight excluding hydrogens is 224 g/mol. The predicted molar refractivity (Wildman–Crippen MR) is 73.6 cm³/mol. The van der Waals surface area contributed by atoms with Gasteiger partial charge in [-0.1, -0.05) is 37.6 Å². The number of hydrogen-bond donors (Lipinski definition) is 1. The van der Waals surface area contributed by atoms with Crippen LogP contribution >= 0.6 is 0 Å². The fourth-order valence-electron chi connectivity index (χ4n) is 2.24. The van der Waals surface area contributed by atoms with Crippen LogP contribution in [-0.2, 0) is 0 Å². The van der Waals surface area contributed by atoms with Crippen molar-refractivity contribution >= 4 is 16.6 Å². The number of fused-ring (bicyclic) bond motifs is 1. The number of nitrogens with two attached hydrogens (primary N) is 1. The monoisotopic (exact) mass is 242 g/mol. The average molecular weight is 242 g/mol. The molecule has 3 nitrogen and oxygen atoms in total. The highest BCUT2D eigenvalue weighted by Gasteiger charge is 2.29. The number of nitrogens with zero attached hydrogens (tertiary/aromatic N) is 1. The van der Waals surface area contributed by atoms with Crippen LogP contribution in [-0.4, -0.2) is 16.3 Å². The van der Waals surface area contributed by atoms with Gasteiger partial charge in [0.2, 0.25) is 0 Å². The predicted octanol–water partition coefficient (Wildman–Crippen LogP) is 2.94. The Bertz CT molecular complexity index is 570. The topological polar surface area (TPSA) is 56.0 Å². The van der Waals surface area contributed by atoms with E-state index in [4.69, 9.17) is 5.73 Å². The SMILES string of the molecule is CCCC(C)(N)C(=O)c1cncc2ccccc12. The van der Waals surface area contributed by atoms with Gasteiger partial charge in [-0.2, -0.15) is 0 Å². The molecule has 0 saturated heterocycles. The number of ketones is 1. The van der Waals surface area contributed by atoms with E-state index >= 15 is 0 Å². The number of carbonyl (C=O) groups is 1. The fourth-order valence-corrected chi connectivity index (χ4v) is 2.24. The smallest absolute Gasteiger partial charge is 0.184 e. The van der Waals surface area contributed by atoms with Crippen molar-refractivity contribution in [2.45, 2.75) is 32.2 Å². The lowest BCUT2D eigenvalue weighted by atomic mass is 9.87. The summed E-state index contributed by atoms with van der Waals surface area (Å²) in [6.07, 6.45) is 4.94. The average Bonchev–Trinajstić information content (AvgIpc) is 2.37. The molecule has 18 heavy (non-hydrogen) atoms.